The molecule has 0 saturated heterocycles. The minimum Gasteiger partial charge on any atom is -0.497 e. The van der Waals surface area contributed by atoms with Gasteiger partial charge in [-0.1, -0.05) is 23.7 Å². The average molecular weight is 358 g/mol. The van der Waals surface area contributed by atoms with E-state index in [1.807, 2.05) is 31.2 Å². The molecule has 1 N–H and O–H groups in total. The van der Waals surface area contributed by atoms with Crippen LogP contribution in [0.1, 0.15) is 29.1 Å². The van der Waals surface area contributed by atoms with Crippen LogP contribution >= 0.6 is 11.6 Å². The highest BCUT2D eigenvalue weighted by Crippen LogP contribution is 2.20. The fourth-order valence-electron chi connectivity index (χ4n) is 2.48. The quantitative estimate of drug-likeness (QED) is 0.767. The summed E-state index contributed by atoms with van der Waals surface area (Å²) in [6.45, 7) is 1.84. The van der Waals surface area contributed by atoms with Crippen molar-refractivity contribution in [2.75, 3.05) is 7.11 Å². The van der Waals surface area contributed by atoms with Crippen LogP contribution in [0.4, 0.5) is 0 Å². The molecule has 6 heteroatoms. The number of benzene rings is 2. The molecule has 5 nitrogen and oxygen atoms in total. The Bertz CT molecular complexity index is 979. The minimum atomic E-state index is -0.470. The summed E-state index contributed by atoms with van der Waals surface area (Å²) < 4.78 is 10.7. The highest BCUT2D eigenvalue weighted by molar-refractivity contribution is 6.31. The summed E-state index contributed by atoms with van der Waals surface area (Å²) in [7, 11) is 1.59. The maximum absolute atomic E-state index is 12.4. The smallest absolute Gasteiger partial charge is 0.287 e. The van der Waals surface area contributed by atoms with Gasteiger partial charge in [0.15, 0.2) is 11.2 Å². The summed E-state index contributed by atoms with van der Waals surface area (Å²) in [5, 5.41) is 3.62. The van der Waals surface area contributed by atoms with Gasteiger partial charge in [-0.3, -0.25) is 9.59 Å². The van der Waals surface area contributed by atoms with Crippen LogP contribution in [0.2, 0.25) is 5.02 Å². The van der Waals surface area contributed by atoms with Crippen molar-refractivity contribution in [1.82, 2.24) is 5.32 Å². The van der Waals surface area contributed by atoms with E-state index in [1.54, 1.807) is 19.2 Å². The molecular weight excluding hydrogens is 342 g/mol. The van der Waals surface area contributed by atoms with Gasteiger partial charge in [0.2, 0.25) is 0 Å². The highest BCUT2D eigenvalue weighted by atomic mass is 35.5. The lowest BCUT2D eigenvalue weighted by molar-refractivity contribution is 0.0912. The van der Waals surface area contributed by atoms with E-state index in [0.717, 1.165) is 11.3 Å². The number of hydrogen-bond donors (Lipinski definition) is 1. The van der Waals surface area contributed by atoms with Gasteiger partial charge in [-0.15, -0.1) is 0 Å². The minimum absolute atomic E-state index is 0.0554. The monoisotopic (exact) mass is 357 g/mol. The van der Waals surface area contributed by atoms with Gasteiger partial charge in [0.1, 0.15) is 11.3 Å². The molecule has 1 amide bonds. The molecule has 0 aliphatic rings. The molecule has 0 aliphatic carbocycles. The van der Waals surface area contributed by atoms with E-state index in [9.17, 15) is 9.59 Å². The Hall–Kier alpha value is -2.79. The van der Waals surface area contributed by atoms with E-state index in [-0.39, 0.29) is 22.8 Å². The topological polar surface area (TPSA) is 68.5 Å². The Kier molecular flexibility index (Phi) is 4.76. The van der Waals surface area contributed by atoms with E-state index < -0.39 is 5.91 Å². The van der Waals surface area contributed by atoms with Crippen LogP contribution in [0.3, 0.4) is 0 Å². The van der Waals surface area contributed by atoms with Gasteiger partial charge in [-0.05, 0) is 36.8 Å². The van der Waals surface area contributed by atoms with Crippen LogP contribution in [0.15, 0.2) is 57.7 Å². The number of ether oxygens (including phenoxy) is 1. The van der Waals surface area contributed by atoms with Crippen molar-refractivity contribution in [1.29, 1.82) is 0 Å². The summed E-state index contributed by atoms with van der Waals surface area (Å²) >= 11 is 5.92. The molecule has 3 aromatic rings. The lowest BCUT2D eigenvalue weighted by atomic mass is 10.1. The average Bonchev–Trinajstić information content (AvgIpc) is 2.61. The Morgan fingerprint density at radius 3 is 2.56 bits per heavy atom. The van der Waals surface area contributed by atoms with Gasteiger partial charge in [0.05, 0.1) is 18.5 Å². The van der Waals surface area contributed by atoms with Crippen molar-refractivity contribution in [2.45, 2.75) is 13.0 Å². The predicted molar refractivity (Wildman–Crippen MR) is 96.4 cm³/mol. The van der Waals surface area contributed by atoms with E-state index in [2.05, 4.69) is 5.32 Å². The molecule has 0 fully saturated rings. The molecule has 2 aromatic carbocycles. The second-order valence-electron chi connectivity index (χ2n) is 5.58. The summed E-state index contributed by atoms with van der Waals surface area (Å²) in [6, 6.07) is 13.0. The molecule has 1 heterocycles. The second-order valence-corrected chi connectivity index (χ2v) is 6.02. The van der Waals surface area contributed by atoms with Gasteiger partial charge in [0, 0.05) is 17.2 Å². The Morgan fingerprint density at radius 1 is 1.16 bits per heavy atom. The maximum atomic E-state index is 12.4. The number of hydrogen-bond acceptors (Lipinski definition) is 4. The SMILES string of the molecule is COc1ccc(C(C)NC(=O)c2cc(=O)c3ccc(Cl)cc3o2)cc1. The van der Waals surface area contributed by atoms with Gasteiger partial charge >= 0.3 is 0 Å². The number of methoxy groups -OCH3 is 1. The summed E-state index contributed by atoms with van der Waals surface area (Å²) in [5.74, 6) is 0.210. The highest BCUT2D eigenvalue weighted by Gasteiger charge is 2.16. The summed E-state index contributed by atoms with van der Waals surface area (Å²) in [6.07, 6.45) is 0. The fraction of sp³-hybridized carbons (Fsp3) is 0.158. The maximum Gasteiger partial charge on any atom is 0.287 e. The number of fused-ring (bicyclic) bond motifs is 1. The molecule has 1 atom stereocenters. The van der Waals surface area contributed by atoms with Gasteiger partial charge in [-0.25, -0.2) is 0 Å². The van der Waals surface area contributed by atoms with Crippen molar-refractivity contribution in [3.8, 4) is 5.75 Å². The first kappa shape index (κ1) is 17.0. The third-order valence-electron chi connectivity index (χ3n) is 3.88. The van der Waals surface area contributed by atoms with Crippen LogP contribution < -0.4 is 15.5 Å². The lowest BCUT2D eigenvalue weighted by Crippen LogP contribution is -2.27. The standard InChI is InChI=1S/C19H16ClNO4/c1-11(12-3-6-14(24-2)7-4-12)21-19(23)18-10-16(22)15-8-5-13(20)9-17(15)25-18/h3-11H,1-2H3,(H,21,23). The van der Waals surface area contributed by atoms with Crippen LogP contribution in [0.5, 0.6) is 5.75 Å². The molecule has 0 spiro atoms. The van der Waals surface area contributed by atoms with Gasteiger partial charge < -0.3 is 14.5 Å². The fourth-order valence-corrected chi connectivity index (χ4v) is 2.65. The molecule has 0 aliphatic heterocycles. The van der Waals surface area contributed by atoms with Crippen LogP contribution in [0, 0.1) is 0 Å². The number of carbonyl (C=O) groups excluding carboxylic acids is 1. The van der Waals surface area contributed by atoms with Crippen molar-refractivity contribution in [2.24, 2.45) is 0 Å². The third-order valence-corrected chi connectivity index (χ3v) is 4.11. The molecule has 128 valence electrons. The van der Waals surface area contributed by atoms with Gasteiger partial charge in [0.25, 0.3) is 5.91 Å². The Labute approximate surface area is 149 Å². The zero-order valence-electron chi connectivity index (χ0n) is 13.7. The first-order valence-corrected chi connectivity index (χ1v) is 8.04. The van der Waals surface area contributed by atoms with Crippen LogP contribution in [-0.4, -0.2) is 13.0 Å². The number of carbonyl (C=O) groups is 1. The normalized spacial score (nSPS) is 12.0. The third kappa shape index (κ3) is 3.67. The zero-order chi connectivity index (χ0) is 18.0. The summed E-state index contributed by atoms with van der Waals surface area (Å²) in [5.41, 5.74) is 0.891. The number of halogens is 1. The molecular formula is C19H16ClNO4. The molecule has 0 saturated carbocycles. The molecule has 1 unspecified atom stereocenters. The van der Waals surface area contributed by atoms with Crippen LogP contribution in [0.25, 0.3) is 11.0 Å². The summed E-state index contributed by atoms with van der Waals surface area (Å²) in [4.78, 5) is 24.6. The predicted octanol–water partition coefficient (Wildman–Crippen LogP) is 3.95. The van der Waals surface area contributed by atoms with Crippen molar-refractivity contribution >= 4 is 28.5 Å². The van der Waals surface area contributed by atoms with E-state index in [0.29, 0.717) is 10.4 Å². The molecule has 0 bridgehead atoms. The van der Waals surface area contributed by atoms with Crippen LogP contribution in [-0.2, 0) is 0 Å². The molecule has 0 radical (unpaired) electrons. The lowest BCUT2D eigenvalue weighted by Gasteiger charge is -2.14. The first-order chi connectivity index (χ1) is 12.0. The van der Waals surface area contributed by atoms with Crippen molar-refractivity contribution in [3.05, 3.63) is 75.1 Å². The van der Waals surface area contributed by atoms with Crippen molar-refractivity contribution < 1.29 is 13.9 Å². The Balaban J connectivity index is 1.84. The first-order valence-electron chi connectivity index (χ1n) is 7.66. The largest absolute Gasteiger partial charge is 0.497 e. The van der Waals surface area contributed by atoms with E-state index in [4.69, 9.17) is 20.8 Å². The molecule has 3 rings (SSSR count). The number of rotatable bonds is 4. The van der Waals surface area contributed by atoms with Crippen molar-refractivity contribution in [3.63, 3.8) is 0 Å². The second kappa shape index (κ2) is 6.99. The van der Waals surface area contributed by atoms with E-state index in [1.165, 1.54) is 12.1 Å². The molecule has 25 heavy (non-hydrogen) atoms. The van der Waals surface area contributed by atoms with E-state index >= 15 is 0 Å². The van der Waals surface area contributed by atoms with Gasteiger partial charge in [-0.2, -0.15) is 0 Å². The number of amides is 1. The Morgan fingerprint density at radius 2 is 1.88 bits per heavy atom. The number of nitrogens with one attached hydrogen (secondary N) is 1. The zero-order valence-corrected chi connectivity index (χ0v) is 14.5. The molecule has 1 aromatic heterocycles.